The summed E-state index contributed by atoms with van der Waals surface area (Å²) in [4.78, 5) is 18.2. The zero-order valence-corrected chi connectivity index (χ0v) is 25.7. The van der Waals surface area contributed by atoms with Crippen LogP contribution in [0.2, 0.25) is 0 Å². The summed E-state index contributed by atoms with van der Waals surface area (Å²) in [6, 6.07) is 16.7. The van der Waals surface area contributed by atoms with Crippen molar-refractivity contribution >= 4 is 44.4 Å². The molecule has 0 spiro atoms. The second-order valence-corrected chi connectivity index (χ2v) is 12.2. The Labute approximate surface area is 254 Å². The number of anilines is 2. The average Bonchev–Trinajstić information content (AvgIpc) is 3.47. The molecule has 3 heterocycles. The van der Waals surface area contributed by atoms with Crippen molar-refractivity contribution in [2.24, 2.45) is 0 Å². The summed E-state index contributed by atoms with van der Waals surface area (Å²) in [6.07, 6.45) is 2.77. The van der Waals surface area contributed by atoms with Gasteiger partial charge >= 0.3 is 0 Å². The molecule has 0 saturated carbocycles. The van der Waals surface area contributed by atoms with Crippen LogP contribution in [-0.4, -0.2) is 48.5 Å². The number of nitro groups is 1. The Kier molecular flexibility index (Phi) is 7.99. The lowest BCUT2D eigenvalue weighted by Gasteiger charge is -2.29. The van der Waals surface area contributed by atoms with Crippen LogP contribution in [0.5, 0.6) is 11.5 Å². The lowest BCUT2D eigenvalue weighted by atomic mass is 9.96. The molecule has 0 bridgehead atoms. The highest BCUT2D eigenvalue weighted by molar-refractivity contribution is 7.92. The summed E-state index contributed by atoms with van der Waals surface area (Å²) in [7, 11) is -0.630. The molecule has 2 atom stereocenters. The Hall–Kier alpha value is -4.69. The number of aryl methyl sites for hydroxylation is 1. The average molecular weight is 623 g/mol. The van der Waals surface area contributed by atoms with Crippen molar-refractivity contribution in [3.05, 3.63) is 99.6 Å². The van der Waals surface area contributed by atoms with Crippen molar-refractivity contribution in [3.8, 4) is 17.2 Å². The number of nitro benzene ring substituents is 1. The van der Waals surface area contributed by atoms with Crippen molar-refractivity contribution in [1.29, 1.82) is 0 Å². The number of hydrogen-bond donors (Lipinski definition) is 2. The minimum Gasteiger partial charge on any atom is -0.496 e. The van der Waals surface area contributed by atoms with E-state index >= 15 is 0 Å². The molecule has 14 heteroatoms. The fraction of sp³-hybridized carbons (Fsp3) is 0.241. The first kappa shape index (κ1) is 29.8. The van der Waals surface area contributed by atoms with Gasteiger partial charge in [0.2, 0.25) is 10.0 Å². The number of nitrogens with one attached hydrogen (secondary N) is 2. The van der Waals surface area contributed by atoms with Crippen LogP contribution in [0.1, 0.15) is 34.7 Å². The molecule has 1 saturated heterocycles. The molecule has 2 aromatic carbocycles. The van der Waals surface area contributed by atoms with Gasteiger partial charge in [0.05, 0.1) is 54.9 Å². The molecule has 0 aliphatic carbocycles. The number of thiocarbonyl (C=S) groups is 1. The van der Waals surface area contributed by atoms with Gasteiger partial charge in [-0.1, -0.05) is 6.07 Å². The van der Waals surface area contributed by atoms with Crippen LogP contribution in [0, 0.1) is 24.0 Å². The fourth-order valence-corrected chi connectivity index (χ4v) is 6.40. The highest BCUT2D eigenvalue weighted by Crippen LogP contribution is 2.45. The maximum atomic E-state index is 12.1. The van der Waals surface area contributed by atoms with Gasteiger partial charge in [-0.2, -0.15) is 0 Å². The first-order valence-electron chi connectivity index (χ1n) is 13.1. The van der Waals surface area contributed by atoms with Gasteiger partial charge in [-0.25, -0.2) is 8.42 Å². The highest BCUT2D eigenvalue weighted by Gasteiger charge is 2.42. The molecular formula is C29H30N6O6S2. The number of ether oxygens (including phenoxy) is 2. The normalized spacial score (nSPS) is 16.6. The third-order valence-corrected chi connectivity index (χ3v) is 8.17. The molecule has 43 heavy (non-hydrogen) atoms. The molecule has 12 nitrogen and oxygen atoms in total. The molecule has 1 fully saturated rings. The Morgan fingerprint density at radius 2 is 1.84 bits per heavy atom. The minimum atomic E-state index is -3.55. The van der Waals surface area contributed by atoms with E-state index in [1.807, 2.05) is 47.6 Å². The third kappa shape index (κ3) is 5.70. The van der Waals surface area contributed by atoms with Crippen molar-refractivity contribution in [2.75, 3.05) is 30.1 Å². The maximum Gasteiger partial charge on any atom is 0.296 e. The molecule has 5 rings (SSSR count). The van der Waals surface area contributed by atoms with Gasteiger partial charge in [0.15, 0.2) is 5.11 Å². The topological polar surface area (TPSA) is 141 Å². The lowest BCUT2D eigenvalue weighted by molar-refractivity contribution is -0.384. The quantitative estimate of drug-likeness (QED) is 0.149. The smallest absolute Gasteiger partial charge is 0.296 e. The predicted molar refractivity (Wildman–Crippen MR) is 168 cm³/mol. The Balaban J connectivity index is 1.69. The van der Waals surface area contributed by atoms with Gasteiger partial charge in [0, 0.05) is 29.3 Å². The Bertz CT molecular complexity index is 1830. The molecule has 0 radical (unpaired) electrons. The molecule has 0 amide bonds. The largest absolute Gasteiger partial charge is 0.496 e. The Morgan fingerprint density at radius 1 is 1.07 bits per heavy atom. The van der Waals surface area contributed by atoms with Crippen LogP contribution in [0.25, 0.3) is 5.69 Å². The molecule has 2 N–H and O–H groups in total. The standard InChI is InChI=1S/C29H30N6O6S2/c1-17-14-21(18(2)33(17)24-12-10-20(40-3)16-25(24)35(36)37)28-27(23-8-6-7-13-30-23)31-29(42)34(28)19-9-11-22(26(15-19)41-4)32-43(5,38)39/h6-16,27-28,32H,1-5H3,(H,31,42)/t27-,28-/m0/s1. The van der Waals surface area contributed by atoms with Gasteiger partial charge in [0.1, 0.15) is 17.2 Å². The molecule has 2 aromatic heterocycles. The molecule has 1 aliphatic rings. The van der Waals surface area contributed by atoms with E-state index in [1.165, 1.54) is 20.3 Å². The highest BCUT2D eigenvalue weighted by atomic mass is 32.2. The van der Waals surface area contributed by atoms with Gasteiger partial charge in [-0.3, -0.25) is 19.8 Å². The van der Waals surface area contributed by atoms with E-state index in [9.17, 15) is 18.5 Å². The third-order valence-electron chi connectivity index (χ3n) is 7.27. The molecular weight excluding hydrogens is 592 g/mol. The number of benzene rings is 2. The van der Waals surface area contributed by atoms with E-state index in [-0.39, 0.29) is 17.4 Å². The number of nitrogens with zero attached hydrogens (tertiary/aromatic N) is 4. The van der Waals surface area contributed by atoms with Crippen LogP contribution < -0.4 is 24.4 Å². The van der Waals surface area contributed by atoms with Crippen molar-refractivity contribution < 1.29 is 22.8 Å². The first-order chi connectivity index (χ1) is 20.4. The first-order valence-corrected chi connectivity index (χ1v) is 15.4. The number of rotatable bonds is 9. The monoisotopic (exact) mass is 622 g/mol. The number of methoxy groups -OCH3 is 2. The van der Waals surface area contributed by atoms with Gasteiger partial charge in [-0.05, 0) is 74.1 Å². The fourth-order valence-electron chi connectivity index (χ4n) is 5.49. The van der Waals surface area contributed by atoms with E-state index in [0.717, 1.165) is 28.9 Å². The Morgan fingerprint density at radius 3 is 2.47 bits per heavy atom. The number of pyridine rings is 1. The summed E-state index contributed by atoms with van der Waals surface area (Å²) in [5.41, 5.74) is 4.41. The SMILES string of the molecule is COc1ccc(-n2c(C)cc([C@H]3[C@H](c4ccccn4)NC(=S)N3c3ccc(NS(C)(=O)=O)c(OC)c3)c2C)c([N+](=O)[O-])c1. The van der Waals surface area contributed by atoms with Crippen LogP contribution >= 0.6 is 12.2 Å². The van der Waals surface area contributed by atoms with Crippen LogP contribution in [0.15, 0.2) is 66.9 Å². The molecule has 224 valence electrons. The van der Waals surface area contributed by atoms with Crippen molar-refractivity contribution in [2.45, 2.75) is 25.9 Å². The zero-order valence-electron chi connectivity index (χ0n) is 24.1. The van der Waals surface area contributed by atoms with Gasteiger partial charge < -0.3 is 24.3 Å². The second kappa shape index (κ2) is 11.5. The lowest BCUT2D eigenvalue weighted by Crippen LogP contribution is -2.29. The van der Waals surface area contributed by atoms with Crippen LogP contribution in [-0.2, 0) is 10.0 Å². The number of hydrogen-bond acceptors (Lipinski definition) is 8. The predicted octanol–water partition coefficient (Wildman–Crippen LogP) is 4.96. The molecule has 0 unspecified atom stereocenters. The van der Waals surface area contributed by atoms with E-state index in [2.05, 4.69) is 15.0 Å². The summed E-state index contributed by atoms with van der Waals surface area (Å²) in [5, 5.41) is 15.9. The summed E-state index contributed by atoms with van der Waals surface area (Å²) < 4.78 is 38.9. The maximum absolute atomic E-state index is 12.1. The van der Waals surface area contributed by atoms with Crippen molar-refractivity contribution in [1.82, 2.24) is 14.9 Å². The summed E-state index contributed by atoms with van der Waals surface area (Å²) >= 11 is 5.86. The summed E-state index contributed by atoms with van der Waals surface area (Å²) in [6.45, 7) is 3.80. The number of aromatic nitrogens is 2. The number of sulfonamides is 1. The van der Waals surface area contributed by atoms with E-state index < -0.39 is 21.0 Å². The molecule has 4 aromatic rings. The van der Waals surface area contributed by atoms with E-state index in [0.29, 0.717) is 28.0 Å². The zero-order chi connectivity index (χ0) is 31.1. The van der Waals surface area contributed by atoms with Gasteiger partial charge in [-0.15, -0.1) is 0 Å². The van der Waals surface area contributed by atoms with Crippen LogP contribution in [0.4, 0.5) is 17.1 Å². The second-order valence-electron chi connectivity index (χ2n) is 10.0. The van der Waals surface area contributed by atoms with Gasteiger partial charge in [0.25, 0.3) is 5.69 Å². The minimum absolute atomic E-state index is 0.0930. The van der Waals surface area contributed by atoms with E-state index in [4.69, 9.17) is 21.7 Å². The van der Waals surface area contributed by atoms with E-state index in [1.54, 1.807) is 36.5 Å². The molecule has 1 aliphatic heterocycles. The van der Waals surface area contributed by atoms with Crippen LogP contribution in [0.3, 0.4) is 0 Å². The van der Waals surface area contributed by atoms with Crippen molar-refractivity contribution in [3.63, 3.8) is 0 Å². The summed E-state index contributed by atoms with van der Waals surface area (Å²) in [5.74, 6) is 0.692.